The van der Waals surface area contributed by atoms with Crippen LogP contribution >= 0.6 is 0 Å². The molecule has 0 saturated carbocycles. The van der Waals surface area contributed by atoms with E-state index < -0.39 is 0 Å². The molecule has 0 radical (unpaired) electrons. The van der Waals surface area contributed by atoms with Gasteiger partial charge in [0, 0.05) is 59.7 Å². The molecule has 0 aromatic heterocycles. The van der Waals surface area contributed by atoms with Crippen molar-refractivity contribution < 1.29 is 0 Å². The average molecular weight is 589 g/mol. The minimum absolute atomic E-state index is 0.0962. The lowest BCUT2D eigenvalue weighted by Gasteiger charge is -2.36. The first kappa shape index (κ1) is 24.3. The maximum atomic E-state index is 2.58. The molecule has 0 spiro atoms. The smallest absolute Gasteiger partial charge is 0.237 e. The molecule has 0 amide bonds. The Hall–Kier alpha value is -6.00. The Morgan fingerprint density at radius 1 is 0.435 bits per heavy atom. The molecule has 4 heterocycles. The Bertz CT molecular complexity index is 2200. The van der Waals surface area contributed by atoms with Crippen LogP contribution in [0.25, 0.3) is 11.1 Å². The number of rotatable bonds is 2. The van der Waals surface area contributed by atoms with Crippen molar-refractivity contribution in [1.82, 2.24) is 9.15 Å². The van der Waals surface area contributed by atoms with Gasteiger partial charge in [-0.25, -0.2) is 0 Å². The summed E-state index contributed by atoms with van der Waals surface area (Å²) < 4.78 is 5.00. The second-order valence-corrected chi connectivity index (χ2v) is 12.6. The molecular weight excluding hydrogens is 560 g/mol. The van der Waals surface area contributed by atoms with Gasteiger partial charge in [-0.15, -0.1) is 0 Å². The van der Waals surface area contributed by atoms with Crippen LogP contribution in [0.4, 0.5) is 45.5 Å². The van der Waals surface area contributed by atoms with Crippen molar-refractivity contribution in [2.24, 2.45) is 0 Å². The zero-order valence-corrected chi connectivity index (χ0v) is 25.0. The fourth-order valence-electron chi connectivity index (χ4n) is 8.57. The van der Waals surface area contributed by atoms with E-state index in [4.69, 9.17) is 0 Å². The van der Waals surface area contributed by atoms with Gasteiger partial charge in [0.2, 0.25) is 34.2 Å². The van der Waals surface area contributed by atoms with Gasteiger partial charge in [0.25, 0.3) is 0 Å². The minimum Gasteiger partial charge on any atom is -0.317 e. The molecule has 5 aromatic carbocycles. The minimum atomic E-state index is 0.0962. The maximum absolute atomic E-state index is 2.58. The molecule has 4 heteroatoms. The summed E-state index contributed by atoms with van der Waals surface area (Å²) in [6.45, 7) is 0. The van der Waals surface area contributed by atoms with Gasteiger partial charge in [0.15, 0.2) is 0 Å². The van der Waals surface area contributed by atoms with Crippen LogP contribution in [0, 0.1) is 0 Å². The SMILES string of the molecule is C1=CC2=[N+](c3ccccc3)c3cc4c(cc3N3c5ccccc5C(=C1)C23)[N+](c1ccccc1)=C1C=CC=C2c3ccccc3N4C21. The lowest BCUT2D eigenvalue weighted by Crippen LogP contribution is -2.45. The predicted octanol–water partition coefficient (Wildman–Crippen LogP) is 9.21. The molecule has 2 aliphatic carbocycles. The monoisotopic (exact) mass is 588 g/mol. The van der Waals surface area contributed by atoms with Gasteiger partial charge in [-0.3, -0.25) is 0 Å². The van der Waals surface area contributed by atoms with Crippen molar-refractivity contribution in [3.8, 4) is 0 Å². The summed E-state index contributed by atoms with van der Waals surface area (Å²) in [5, 5.41) is 0. The maximum Gasteiger partial charge on any atom is 0.237 e. The Morgan fingerprint density at radius 2 is 0.848 bits per heavy atom. The van der Waals surface area contributed by atoms with Crippen LogP contribution in [-0.4, -0.2) is 23.5 Å². The third-order valence-electron chi connectivity index (χ3n) is 10.3. The number of fused-ring (bicyclic) bond motifs is 10. The molecule has 0 saturated heterocycles. The fourth-order valence-corrected chi connectivity index (χ4v) is 8.57. The van der Waals surface area contributed by atoms with E-state index in [1.54, 1.807) is 0 Å². The molecule has 2 unspecified atom stereocenters. The van der Waals surface area contributed by atoms with Crippen molar-refractivity contribution in [2.45, 2.75) is 12.1 Å². The molecule has 4 aliphatic heterocycles. The summed E-state index contributed by atoms with van der Waals surface area (Å²) >= 11 is 0. The topological polar surface area (TPSA) is 12.5 Å². The van der Waals surface area contributed by atoms with Crippen LogP contribution < -0.4 is 19.0 Å². The van der Waals surface area contributed by atoms with Gasteiger partial charge < -0.3 is 9.80 Å². The van der Waals surface area contributed by atoms with Crippen LogP contribution in [0.1, 0.15) is 11.1 Å². The van der Waals surface area contributed by atoms with Gasteiger partial charge in [0.05, 0.1) is 11.4 Å². The first-order valence-corrected chi connectivity index (χ1v) is 16.0. The van der Waals surface area contributed by atoms with E-state index in [-0.39, 0.29) is 12.1 Å². The largest absolute Gasteiger partial charge is 0.317 e. The lowest BCUT2D eigenvalue weighted by atomic mass is 9.90. The number of hydrogen-bond donors (Lipinski definition) is 0. The third kappa shape index (κ3) is 2.99. The van der Waals surface area contributed by atoms with Crippen LogP contribution in [0.3, 0.4) is 0 Å². The Kier molecular flexibility index (Phi) is 4.66. The van der Waals surface area contributed by atoms with E-state index >= 15 is 0 Å². The molecule has 6 aliphatic rings. The standard InChI is InChI=1S/C42H28N4/c1-3-13-27(14-4-1)43-35-23-11-19-31-29-17-7-9-21-33(29)45(41(31)35)39-26-38-40(25-37(39)43)46-34-22-10-8-18-30(34)32-20-12-24-36(42(32)46)44(38)28-15-5-2-6-16-28/h1-26,41-42H/q+2. The molecule has 4 nitrogen and oxygen atoms in total. The first-order valence-electron chi connectivity index (χ1n) is 16.0. The Morgan fingerprint density at radius 3 is 1.30 bits per heavy atom. The summed E-state index contributed by atoms with van der Waals surface area (Å²) in [6, 6.07) is 44.6. The van der Waals surface area contributed by atoms with Crippen LogP contribution in [0.2, 0.25) is 0 Å². The quantitative estimate of drug-likeness (QED) is 0.191. The molecule has 0 fully saturated rings. The van der Waals surface area contributed by atoms with Gasteiger partial charge >= 0.3 is 0 Å². The summed E-state index contributed by atoms with van der Waals surface area (Å²) in [7, 11) is 0. The molecule has 0 bridgehead atoms. The van der Waals surface area contributed by atoms with E-state index in [1.165, 1.54) is 79.2 Å². The Labute approximate surface area is 267 Å². The highest BCUT2D eigenvalue weighted by atomic mass is 15.3. The summed E-state index contributed by atoms with van der Waals surface area (Å²) in [5.74, 6) is 0. The summed E-state index contributed by atoms with van der Waals surface area (Å²) in [5.41, 5.74) is 17.5. The lowest BCUT2D eigenvalue weighted by molar-refractivity contribution is 0.903. The van der Waals surface area contributed by atoms with Crippen molar-refractivity contribution in [3.63, 3.8) is 0 Å². The number of nitrogens with zero attached hydrogens (tertiary/aromatic N) is 4. The number of allylic oxidation sites excluding steroid dienone is 4. The van der Waals surface area contributed by atoms with Crippen molar-refractivity contribution >= 4 is 68.1 Å². The molecule has 5 aromatic rings. The van der Waals surface area contributed by atoms with Crippen LogP contribution in [0.15, 0.2) is 158 Å². The predicted molar refractivity (Wildman–Crippen MR) is 191 cm³/mol. The number of hydrogen-bond acceptors (Lipinski definition) is 2. The third-order valence-corrected chi connectivity index (χ3v) is 10.3. The van der Waals surface area contributed by atoms with Gasteiger partial charge in [-0.2, -0.15) is 9.15 Å². The van der Waals surface area contributed by atoms with Crippen LogP contribution in [0.5, 0.6) is 0 Å². The van der Waals surface area contributed by atoms with Gasteiger partial charge in [-0.1, -0.05) is 97.1 Å². The van der Waals surface area contributed by atoms with Crippen molar-refractivity contribution in [3.05, 3.63) is 169 Å². The zero-order chi connectivity index (χ0) is 29.9. The molecule has 214 valence electrons. The van der Waals surface area contributed by atoms with Crippen LogP contribution in [-0.2, 0) is 0 Å². The second-order valence-electron chi connectivity index (χ2n) is 12.6. The van der Waals surface area contributed by atoms with Gasteiger partial charge in [-0.05, 0) is 23.3 Å². The summed E-state index contributed by atoms with van der Waals surface area (Å²) in [6.07, 6.45) is 13.7. The van der Waals surface area contributed by atoms with E-state index in [9.17, 15) is 0 Å². The first-order chi connectivity index (χ1) is 22.9. The number of benzene rings is 5. The van der Waals surface area contributed by atoms with E-state index in [0.717, 1.165) is 0 Å². The highest BCUT2D eigenvalue weighted by Crippen LogP contribution is 2.58. The molecule has 11 rings (SSSR count). The normalized spacial score (nSPS) is 20.4. The summed E-state index contributed by atoms with van der Waals surface area (Å²) in [4.78, 5) is 5.16. The molecular formula is C42H28N4+2. The van der Waals surface area contributed by atoms with Gasteiger partial charge in [0.1, 0.15) is 23.5 Å². The molecule has 2 atom stereocenters. The average Bonchev–Trinajstić information content (AvgIpc) is 3.64. The second kappa shape index (κ2) is 8.80. The highest BCUT2D eigenvalue weighted by molar-refractivity contribution is 6.24. The fraction of sp³-hybridized carbons (Fsp3) is 0.0476. The Balaban J connectivity index is 1.28. The van der Waals surface area contributed by atoms with Crippen molar-refractivity contribution in [2.75, 3.05) is 9.80 Å². The molecule has 0 N–H and O–H groups in total. The zero-order valence-electron chi connectivity index (χ0n) is 25.0. The number of anilines is 4. The van der Waals surface area contributed by atoms with Crippen molar-refractivity contribution in [1.29, 1.82) is 0 Å². The number of para-hydroxylation sites is 4. The highest BCUT2D eigenvalue weighted by Gasteiger charge is 2.53. The van der Waals surface area contributed by atoms with E-state index in [1.807, 2.05) is 0 Å². The molecule has 46 heavy (non-hydrogen) atoms. The van der Waals surface area contributed by atoms with E-state index in [0.29, 0.717) is 0 Å². The van der Waals surface area contributed by atoms with E-state index in [2.05, 4.69) is 177 Å².